The fraction of sp³-hybridized carbons (Fsp3) is 0.556. The zero-order valence-corrected chi connectivity index (χ0v) is 14.7. The second-order valence-electron chi connectivity index (χ2n) is 7.24. The Morgan fingerprint density at radius 1 is 1.29 bits per heavy atom. The van der Waals surface area contributed by atoms with Gasteiger partial charge in [0.1, 0.15) is 0 Å². The molecule has 2 fully saturated rings. The molecule has 1 saturated carbocycles. The van der Waals surface area contributed by atoms with E-state index in [0.717, 1.165) is 43.2 Å². The highest BCUT2D eigenvalue weighted by Gasteiger charge is 2.67. The lowest BCUT2D eigenvalue weighted by atomic mass is 9.61. The van der Waals surface area contributed by atoms with Gasteiger partial charge in [0.2, 0.25) is 0 Å². The number of likely N-dealkylation sites (N-methyl/N-ethyl adjacent to an activating group) is 1. The third-order valence-electron chi connectivity index (χ3n) is 6.25. The number of nitrogens with one attached hydrogen (secondary N) is 1. The molecule has 1 aliphatic heterocycles. The van der Waals surface area contributed by atoms with Gasteiger partial charge in [-0.05, 0) is 55.4 Å². The summed E-state index contributed by atoms with van der Waals surface area (Å²) in [6.07, 6.45) is 4.50. The molecule has 4 rings (SSSR count). The number of fused-ring (bicyclic) bond motifs is 3. The molecule has 6 heteroatoms. The normalized spacial score (nSPS) is 35.0. The number of benzene rings is 1. The van der Waals surface area contributed by atoms with E-state index in [2.05, 4.69) is 5.32 Å². The number of amides is 3. The summed E-state index contributed by atoms with van der Waals surface area (Å²) in [5.41, 5.74) is 0.692. The quantitative estimate of drug-likeness (QED) is 0.794. The molecule has 0 aromatic heterocycles. The smallest absolute Gasteiger partial charge is 0.325 e. The Morgan fingerprint density at radius 3 is 2.58 bits per heavy atom. The summed E-state index contributed by atoms with van der Waals surface area (Å²) in [5.74, 6) is -0.163. The lowest BCUT2D eigenvalue weighted by molar-refractivity contribution is -0.137. The summed E-state index contributed by atoms with van der Waals surface area (Å²) in [7, 11) is 3.28. The lowest BCUT2D eigenvalue weighted by Crippen LogP contribution is -2.56. The van der Waals surface area contributed by atoms with Crippen LogP contribution in [0.5, 0.6) is 0 Å². The predicted octanol–water partition coefficient (Wildman–Crippen LogP) is 2.85. The van der Waals surface area contributed by atoms with Crippen molar-refractivity contribution in [2.75, 3.05) is 14.2 Å². The van der Waals surface area contributed by atoms with E-state index >= 15 is 0 Å². The van der Waals surface area contributed by atoms with Crippen molar-refractivity contribution in [3.8, 4) is 0 Å². The van der Waals surface area contributed by atoms with Crippen LogP contribution in [-0.2, 0) is 21.5 Å². The molecule has 0 bridgehead atoms. The van der Waals surface area contributed by atoms with E-state index in [0.29, 0.717) is 5.02 Å². The average molecular weight is 349 g/mol. The summed E-state index contributed by atoms with van der Waals surface area (Å²) >= 11 is 6.22. The van der Waals surface area contributed by atoms with Gasteiger partial charge >= 0.3 is 6.03 Å². The first-order valence-corrected chi connectivity index (χ1v) is 8.73. The molecule has 1 aromatic carbocycles. The van der Waals surface area contributed by atoms with Gasteiger partial charge in [-0.2, -0.15) is 0 Å². The highest BCUT2D eigenvalue weighted by atomic mass is 35.5. The van der Waals surface area contributed by atoms with Crippen LogP contribution in [0.25, 0.3) is 0 Å². The third-order valence-corrected chi connectivity index (χ3v) is 6.48. The lowest BCUT2D eigenvalue weighted by Gasteiger charge is -2.46. The number of carbonyl (C=O) groups is 2. The molecule has 128 valence electrons. The van der Waals surface area contributed by atoms with Gasteiger partial charge in [0.15, 0.2) is 5.54 Å². The van der Waals surface area contributed by atoms with Crippen molar-refractivity contribution >= 4 is 23.5 Å². The van der Waals surface area contributed by atoms with Gasteiger partial charge in [0.05, 0.1) is 6.10 Å². The van der Waals surface area contributed by atoms with E-state index in [-0.39, 0.29) is 23.5 Å². The van der Waals surface area contributed by atoms with Gasteiger partial charge in [-0.1, -0.05) is 17.7 Å². The Hall–Kier alpha value is -1.59. The van der Waals surface area contributed by atoms with Gasteiger partial charge in [-0.15, -0.1) is 0 Å². The number of halogens is 1. The fourth-order valence-corrected chi connectivity index (χ4v) is 5.12. The minimum atomic E-state index is -0.988. The Balaban J connectivity index is 1.87. The van der Waals surface area contributed by atoms with Crippen molar-refractivity contribution in [3.05, 3.63) is 34.3 Å². The molecule has 1 atom stereocenters. The van der Waals surface area contributed by atoms with Crippen LogP contribution in [-0.4, -0.2) is 37.1 Å². The number of rotatable bonds is 1. The second kappa shape index (κ2) is 5.20. The van der Waals surface area contributed by atoms with Gasteiger partial charge in [-0.25, -0.2) is 4.79 Å². The number of hydrogen-bond acceptors (Lipinski definition) is 3. The topological polar surface area (TPSA) is 58.6 Å². The molecule has 2 aliphatic carbocycles. The van der Waals surface area contributed by atoms with E-state index in [9.17, 15) is 9.59 Å². The molecule has 1 unspecified atom stereocenters. The number of carbonyl (C=O) groups excluding carboxylic acids is 2. The number of imide groups is 1. The Kier molecular flexibility index (Phi) is 3.45. The molecule has 5 nitrogen and oxygen atoms in total. The Bertz CT molecular complexity index is 727. The zero-order valence-electron chi connectivity index (χ0n) is 13.9. The van der Waals surface area contributed by atoms with Crippen LogP contribution in [0.2, 0.25) is 5.02 Å². The van der Waals surface area contributed by atoms with Crippen molar-refractivity contribution in [2.45, 2.75) is 43.7 Å². The van der Waals surface area contributed by atoms with Crippen molar-refractivity contribution in [3.63, 3.8) is 0 Å². The van der Waals surface area contributed by atoms with Crippen molar-refractivity contribution < 1.29 is 14.3 Å². The van der Waals surface area contributed by atoms with E-state index in [1.807, 2.05) is 18.2 Å². The number of ether oxygens (including phenoxy) is 1. The summed E-state index contributed by atoms with van der Waals surface area (Å²) in [5, 5.41) is 3.63. The molecule has 3 amide bonds. The van der Waals surface area contributed by atoms with E-state index < -0.39 is 5.54 Å². The molecule has 1 heterocycles. The van der Waals surface area contributed by atoms with Crippen LogP contribution in [0.4, 0.5) is 4.79 Å². The van der Waals surface area contributed by atoms with Gasteiger partial charge in [0.25, 0.3) is 5.91 Å². The van der Waals surface area contributed by atoms with Crippen molar-refractivity contribution in [1.82, 2.24) is 10.2 Å². The number of urea groups is 1. The van der Waals surface area contributed by atoms with Crippen LogP contribution >= 0.6 is 11.6 Å². The maximum Gasteiger partial charge on any atom is 0.325 e. The van der Waals surface area contributed by atoms with Crippen LogP contribution < -0.4 is 5.32 Å². The highest BCUT2D eigenvalue weighted by molar-refractivity contribution is 6.30. The van der Waals surface area contributed by atoms with Gasteiger partial charge in [0, 0.05) is 24.6 Å². The molecule has 0 radical (unpaired) electrons. The van der Waals surface area contributed by atoms with Crippen LogP contribution in [0.1, 0.15) is 36.8 Å². The number of methoxy groups -OCH3 is 1. The molecule has 24 heavy (non-hydrogen) atoms. The standard InChI is InChI=1S/C18H21ClN2O3/c1-21-15(22)18(20-16(21)23)14-9-12(19)4-3-11(14)10-17(18)7-5-13(24-2)6-8-17/h3-4,9,13H,5-8,10H2,1-2H3,(H,20,23). The third kappa shape index (κ3) is 1.85. The Morgan fingerprint density at radius 2 is 2.00 bits per heavy atom. The molecule has 1 aromatic rings. The first kappa shape index (κ1) is 15.9. The minimum Gasteiger partial charge on any atom is -0.381 e. The maximum atomic E-state index is 13.2. The van der Waals surface area contributed by atoms with E-state index in [1.54, 1.807) is 14.2 Å². The first-order chi connectivity index (χ1) is 11.4. The molecule has 2 spiro atoms. The van der Waals surface area contributed by atoms with E-state index in [4.69, 9.17) is 16.3 Å². The van der Waals surface area contributed by atoms with Crippen LogP contribution in [0.3, 0.4) is 0 Å². The largest absolute Gasteiger partial charge is 0.381 e. The second-order valence-corrected chi connectivity index (χ2v) is 7.67. The number of hydrogen-bond donors (Lipinski definition) is 1. The highest BCUT2D eigenvalue weighted by Crippen LogP contribution is 2.60. The summed E-state index contributed by atoms with van der Waals surface area (Å²) in [4.78, 5) is 26.7. The first-order valence-electron chi connectivity index (χ1n) is 8.35. The Labute approximate surface area is 146 Å². The molecule has 1 saturated heterocycles. The molecular formula is C18H21ClN2O3. The van der Waals surface area contributed by atoms with E-state index in [1.165, 1.54) is 4.90 Å². The molecular weight excluding hydrogens is 328 g/mol. The minimum absolute atomic E-state index is 0.163. The van der Waals surface area contributed by atoms with Crippen molar-refractivity contribution in [2.24, 2.45) is 5.41 Å². The van der Waals surface area contributed by atoms with Crippen molar-refractivity contribution in [1.29, 1.82) is 0 Å². The SMILES string of the molecule is COC1CCC2(CC1)Cc1ccc(Cl)cc1C21NC(=O)N(C)C1=O. The van der Waals surface area contributed by atoms with Crippen LogP contribution in [0, 0.1) is 5.41 Å². The van der Waals surface area contributed by atoms with Crippen LogP contribution in [0.15, 0.2) is 18.2 Å². The summed E-state index contributed by atoms with van der Waals surface area (Å²) < 4.78 is 5.51. The summed E-state index contributed by atoms with van der Waals surface area (Å²) in [6, 6.07) is 5.37. The predicted molar refractivity (Wildman–Crippen MR) is 89.8 cm³/mol. The average Bonchev–Trinajstić information content (AvgIpc) is 2.97. The maximum absolute atomic E-state index is 13.2. The number of nitrogens with zero attached hydrogens (tertiary/aromatic N) is 1. The fourth-order valence-electron chi connectivity index (χ4n) is 4.95. The zero-order chi connectivity index (χ0) is 17.1. The molecule has 1 N–H and O–H groups in total. The van der Waals surface area contributed by atoms with Gasteiger partial charge in [-0.3, -0.25) is 9.69 Å². The molecule has 3 aliphatic rings. The monoisotopic (exact) mass is 348 g/mol. The summed E-state index contributed by atoms with van der Waals surface area (Å²) in [6.45, 7) is 0. The van der Waals surface area contributed by atoms with Gasteiger partial charge < -0.3 is 10.1 Å².